The molecule has 1 unspecified atom stereocenters. The maximum Gasteiger partial charge on any atom is 0.263 e. The lowest BCUT2D eigenvalue weighted by molar-refractivity contribution is -0.135. The highest BCUT2D eigenvalue weighted by Gasteiger charge is 2.43. The Labute approximate surface area is 246 Å². The van der Waals surface area contributed by atoms with Gasteiger partial charge in [0.2, 0.25) is 0 Å². The van der Waals surface area contributed by atoms with E-state index in [4.69, 9.17) is 27.9 Å². The molecule has 1 aromatic carbocycles. The molecule has 5 rings (SSSR count). The molecule has 0 spiro atoms. The second-order valence-corrected chi connectivity index (χ2v) is 14.7. The normalized spacial score (nSPS) is 25.2. The van der Waals surface area contributed by atoms with Crippen LogP contribution in [0.25, 0.3) is 0 Å². The maximum atomic E-state index is 13.2. The molecule has 3 aliphatic heterocycles. The Balaban J connectivity index is 1.16. The highest BCUT2D eigenvalue weighted by atomic mass is 35.5. The molecule has 2 amide bonds. The number of hydrogen-bond donors (Lipinski definition) is 4. The van der Waals surface area contributed by atoms with Crippen molar-refractivity contribution in [2.75, 3.05) is 16.4 Å². The summed E-state index contributed by atoms with van der Waals surface area (Å²) in [5.74, 6) is 1.50. The van der Waals surface area contributed by atoms with Crippen LogP contribution in [-0.2, 0) is 4.79 Å². The summed E-state index contributed by atoms with van der Waals surface area (Å²) in [5, 5.41) is 7.03. The molecule has 218 valence electrons. The molecule has 0 aliphatic carbocycles. The summed E-state index contributed by atoms with van der Waals surface area (Å²) in [7, 11) is -2.48. The minimum Gasteiger partial charge on any atom is -0.476 e. The molecule has 9 nitrogen and oxygen atoms in total. The van der Waals surface area contributed by atoms with Crippen molar-refractivity contribution < 1.29 is 23.4 Å². The Kier molecular flexibility index (Phi) is 8.46. The molecule has 2 aromatic rings. The van der Waals surface area contributed by atoms with Gasteiger partial charge in [-0.1, -0.05) is 23.2 Å². The number of ether oxygens (including phenoxy) is 1. The summed E-state index contributed by atoms with van der Waals surface area (Å²) >= 11 is 12.2. The maximum absolute atomic E-state index is 13.2. The zero-order valence-electron chi connectivity index (χ0n) is 22.6. The van der Waals surface area contributed by atoms with Gasteiger partial charge < -0.3 is 20.3 Å². The predicted octanol–water partition coefficient (Wildman–Crippen LogP) is 5.50. The molecule has 3 aliphatic rings. The van der Waals surface area contributed by atoms with Crippen molar-refractivity contribution in [3.8, 4) is 5.75 Å². The molecular weight excluding hydrogens is 575 g/mol. The third-order valence-electron chi connectivity index (χ3n) is 8.07. The summed E-state index contributed by atoms with van der Waals surface area (Å²) in [6.07, 6.45) is 6.36. The number of anilines is 1. The third-order valence-corrected chi connectivity index (χ3v) is 10.4. The first kappa shape index (κ1) is 29.3. The second-order valence-electron chi connectivity index (χ2n) is 11.5. The van der Waals surface area contributed by atoms with Gasteiger partial charge in [0.15, 0.2) is 5.60 Å². The molecule has 4 heterocycles. The van der Waals surface area contributed by atoms with Crippen LogP contribution < -0.4 is 20.3 Å². The molecule has 3 atom stereocenters. The van der Waals surface area contributed by atoms with E-state index in [9.17, 15) is 18.7 Å². The molecule has 12 heteroatoms. The first-order valence-corrected chi connectivity index (χ1v) is 16.3. The van der Waals surface area contributed by atoms with E-state index in [0.29, 0.717) is 45.7 Å². The zero-order chi connectivity index (χ0) is 28.7. The predicted molar refractivity (Wildman–Crippen MR) is 159 cm³/mol. The smallest absolute Gasteiger partial charge is 0.263 e. The van der Waals surface area contributed by atoms with Gasteiger partial charge in [0, 0.05) is 46.9 Å². The van der Waals surface area contributed by atoms with Gasteiger partial charge in [-0.2, -0.15) is 10.6 Å². The van der Waals surface area contributed by atoms with Crippen molar-refractivity contribution in [1.29, 1.82) is 0 Å². The monoisotopic (exact) mass is 610 g/mol. The molecular formula is C28H36Cl2N4O5S. The van der Waals surface area contributed by atoms with Gasteiger partial charge in [0.1, 0.15) is 11.6 Å². The van der Waals surface area contributed by atoms with Crippen molar-refractivity contribution in [1.82, 2.24) is 15.6 Å². The fourth-order valence-electron chi connectivity index (χ4n) is 5.90. The van der Waals surface area contributed by atoms with Crippen LogP contribution in [0.1, 0.15) is 62.7 Å². The van der Waals surface area contributed by atoms with Crippen LogP contribution in [0, 0.1) is 0 Å². The van der Waals surface area contributed by atoms with Gasteiger partial charge in [-0.05, 0) is 82.7 Å². The van der Waals surface area contributed by atoms with Crippen LogP contribution in [0.4, 0.5) is 5.82 Å². The third kappa shape index (κ3) is 6.62. The van der Waals surface area contributed by atoms with E-state index < -0.39 is 16.2 Å². The lowest BCUT2D eigenvalue weighted by Crippen LogP contribution is -2.55. The largest absolute Gasteiger partial charge is 0.476 e. The van der Waals surface area contributed by atoms with Crippen molar-refractivity contribution in [3.05, 3.63) is 52.1 Å². The molecule has 40 heavy (non-hydrogen) atoms. The number of halogens is 2. The number of amides is 2. The van der Waals surface area contributed by atoms with Gasteiger partial charge >= 0.3 is 0 Å². The lowest BCUT2D eigenvalue weighted by atomic mass is 9.96. The summed E-state index contributed by atoms with van der Waals surface area (Å²) in [6, 6.07) is 9.05. The average Bonchev–Trinajstić information content (AvgIpc) is 3.17. The van der Waals surface area contributed by atoms with E-state index >= 15 is 0 Å². The lowest BCUT2D eigenvalue weighted by Gasteiger charge is -2.41. The van der Waals surface area contributed by atoms with Crippen molar-refractivity contribution in [2.24, 2.45) is 0 Å². The van der Waals surface area contributed by atoms with Crippen molar-refractivity contribution >= 4 is 51.4 Å². The van der Waals surface area contributed by atoms with Crippen molar-refractivity contribution in [2.45, 2.75) is 82.1 Å². The van der Waals surface area contributed by atoms with Crippen LogP contribution in [0.2, 0.25) is 10.0 Å². The Hall–Kier alpha value is -2.24. The Morgan fingerprint density at radius 3 is 2.27 bits per heavy atom. The summed E-state index contributed by atoms with van der Waals surface area (Å²) in [5.41, 5.74) is -0.637. The fraction of sp³-hybridized carbons (Fsp3) is 0.536. The summed E-state index contributed by atoms with van der Waals surface area (Å²) in [4.78, 5) is 32.9. The van der Waals surface area contributed by atoms with E-state index in [1.165, 1.54) is 0 Å². The molecule has 0 saturated carbocycles. The quantitative estimate of drug-likeness (QED) is 0.326. The van der Waals surface area contributed by atoms with Gasteiger partial charge in [-0.3, -0.25) is 18.7 Å². The molecule has 3 fully saturated rings. The fourth-order valence-corrected chi connectivity index (χ4v) is 7.88. The molecule has 1 aromatic heterocycles. The van der Waals surface area contributed by atoms with E-state index in [1.807, 2.05) is 6.07 Å². The number of nitrogens with one attached hydrogen (secondary N) is 2. The summed E-state index contributed by atoms with van der Waals surface area (Å²) in [6.45, 7) is 3.45. The first-order chi connectivity index (χ1) is 18.9. The number of carbonyl (C=O) groups excluding carboxylic acids is 2. The van der Waals surface area contributed by atoms with Gasteiger partial charge in [-0.25, -0.2) is 4.98 Å². The number of piperidine rings is 1. The van der Waals surface area contributed by atoms with Gasteiger partial charge in [0.25, 0.3) is 11.8 Å². The highest BCUT2D eigenvalue weighted by Crippen LogP contribution is 2.44. The first-order valence-electron chi connectivity index (χ1n) is 13.6. The number of pyridine rings is 1. The molecule has 2 bridgehead atoms. The van der Waals surface area contributed by atoms with Crippen LogP contribution in [0.5, 0.6) is 5.75 Å². The summed E-state index contributed by atoms with van der Waals surface area (Å²) < 4.78 is 25.5. The van der Waals surface area contributed by atoms with Crippen LogP contribution >= 0.6 is 33.8 Å². The molecule has 0 radical (unpaired) electrons. The Morgan fingerprint density at radius 1 is 1.00 bits per heavy atom. The highest BCUT2D eigenvalue weighted by molar-refractivity contribution is 8.24. The standard InChI is InChI=1S/C28H36Cl2N4O5S/c1-28(2,39-24-7-4-18(29)13-23(24)30)27(36)33-20-14-21-5-6-22(15-20)34(21)25-8-3-17(16-31-25)26(35)32-19-9-11-40(37,38)12-10-19/h3-4,7-8,13,16,19-22,37-38H,5-6,9-12,14-15H2,1-2H3,(H,32,35)(H,33,36)/t20?,21-,22+. The number of aromatic nitrogens is 1. The average molecular weight is 612 g/mol. The number of rotatable bonds is 7. The molecule has 3 saturated heterocycles. The van der Waals surface area contributed by atoms with Gasteiger partial charge in [0.05, 0.1) is 10.6 Å². The van der Waals surface area contributed by atoms with Gasteiger partial charge in [-0.15, -0.1) is 0 Å². The molecule has 4 N–H and O–H groups in total. The van der Waals surface area contributed by atoms with Crippen LogP contribution in [0.3, 0.4) is 0 Å². The minimum atomic E-state index is -2.48. The van der Waals surface area contributed by atoms with Crippen LogP contribution in [-0.4, -0.2) is 67.2 Å². The van der Waals surface area contributed by atoms with Crippen molar-refractivity contribution in [3.63, 3.8) is 0 Å². The van der Waals surface area contributed by atoms with E-state index in [-0.39, 0.29) is 36.0 Å². The SMILES string of the molecule is CC(C)(Oc1ccc(Cl)cc1Cl)C(=O)NC1C[C@H]2CC[C@@H](C1)N2c1ccc(C(=O)NC2CCS(O)(O)CC2)cn1. The topological polar surface area (TPSA) is 124 Å². The Bertz CT molecular complexity index is 1240. The minimum absolute atomic E-state index is 0.0174. The number of fused-ring (bicyclic) bond motifs is 2. The Morgan fingerprint density at radius 2 is 1.68 bits per heavy atom. The van der Waals surface area contributed by atoms with Crippen LogP contribution in [0.15, 0.2) is 36.5 Å². The second kappa shape index (κ2) is 11.6. The number of benzene rings is 1. The van der Waals surface area contributed by atoms with E-state index in [2.05, 4.69) is 20.5 Å². The zero-order valence-corrected chi connectivity index (χ0v) is 24.9. The number of hydrogen-bond acceptors (Lipinski definition) is 7. The van der Waals surface area contributed by atoms with E-state index in [1.54, 1.807) is 44.3 Å². The van der Waals surface area contributed by atoms with E-state index in [0.717, 1.165) is 31.5 Å². The number of carbonyl (C=O) groups is 2. The number of nitrogens with zero attached hydrogens (tertiary/aromatic N) is 2.